The molecule has 0 spiro atoms. The fraction of sp³-hybridized carbons (Fsp3) is 0.688. The summed E-state index contributed by atoms with van der Waals surface area (Å²) >= 11 is 0. The molecule has 2 unspecified atom stereocenters. The largest absolute Gasteiger partial charge is 0.312 e. The molecule has 1 aliphatic heterocycles. The van der Waals surface area contributed by atoms with Crippen molar-refractivity contribution in [3.63, 3.8) is 0 Å². The van der Waals surface area contributed by atoms with E-state index in [4.69, 9.17) is 0 Å². The van der Waals surface area contributed by atoms with Crippen molar-refractivity contribution in [1.82, 2.24) is 20.1 Å². The molecule has 2 heterocycles. The smallest absolute Gasteiger partial charge is 0.0491 e. The van der Waals surface area contributed by atoms with Gasteiger partial charge in [0.2, 0.25) is 0 Å². The molecule has 1 fully saturated rings. The molecule has 1 aromatic heterocycles. The van der Waals surface area contributed by atoms with Crippen molar-refractivity contribution in [3.05, 3.63) is 30.1 Å². The Balaban J connectivity index is 2.15. The highest BCUT2D eigenvalue weighted by atomic mass is 15.3. The second-order valence-corrected chi connectivity index (χ2v) is 5.64. The highest BCUT2D eigenvalue weighted by Crippen LogP contribution is 2.22. The first-order valence-corrected chi connectivity index (χ1v) is 7.84. The van der Waals surface area contributed by atoms with E-state index in [0.29, 0.717) is 12.1 Å². The van der Waals surface area contributed by atoms with Gasteiger partial charge in [0.25, 0.3) is 0 Å². The third-order valence-corrected chi connectivity index (χ3v) is 4.24. The van der Waals surface area contributed by atoms with Gasteiger partial charge in [-0.25, -0.2) is 0 Å². The Kier molecular flexibility index (Phi) is 5.95. The van der Waals surface area contributed by atoms with Crippen molar-refractivity contribution in [1.29, 1.82) is 0 Å². The van der Waals surface area contributed by atoms with Gasteiger partial charge in [0.05, 0.1) is 0 Å². The van der Waals surface area contributed by atoms with Crippen LogP contribution in [0.3, 0.4) is 0 Å². The van der Waals surface area contributed by atoms with Crippen LogP contribution in [0, 0.1) is 0 Å². The highest BCUT2D eigenvalue weighted by Gasteiger charge is 2.26. The first-order valence-electron chi connectivity index (χ1n) is 7.84. The van der Waals surface area contributed by atoms with E-state index in [1.54, 1.807) is 0 Å². The fourth-order valence-electron chi connectivity index (χ4n) is 2.98. The summed E-state index contributed by atoms with van der Waals surface area (Å²) in [6.45, 7) is 13.4. The molecule has 1 N–H and O–H groups in total. The number of rotatable bonds is 6. The molecule has 4 nitrogen and oxygen atoms in total. The minimum atomic E-state index is 0.452. The SMILES string of the molecule is CCN(CC)CC(c1cccnc1)N1CCNC(C)C1. The maximum absolute atomic E-state index is 4.32. The molecule has 1 aromatic rings. The average molecular weight is 276 g/mol. The van der Waals surface area contributed by atoms with E-state index in [0.717, 1.165) is 39.3 Å². The van der Waals surface area contributed by atoms with Crippen LogP contribution in [0.2, 0.25) is 0 Å². The summed E-state index contributed by atoms with van der Waals surface area (Å²) in [5.41, 5.74) is 1.34. The molecule has 2 atom stereocenters. The molecule has 112 valence electrons. The van der Waals surface area contributed by atoms with Gasteiger partial charge in [-0.05, 0) is 31.6 Å². The van der Waals surface area contributed by atoms with Gasteiger partial charge in [-0.15, -0.1) is 0 Å². The van der Waals surface area contributed by atoms with Crippen molar-refractivity contribution in [3.8, 4) is 0 Å². The summed E-state index contributed by atoms with van der Waals surface area (Å²) in [5, 5.41) is 3.53. The minimum Gasteiger partial charge on any atom is -0.312 e. The lowest BCUT2D eigenvalue weighted by atomic mass is 10.0. The summed E-state index contributed by atoms with van der Waals surface area (Å²) < 4.78 is 0. The highest BCUT2D eigenvalue weighted by molar-refractivity contribution is 5.15. The van der Waals surface area contributed by atoms with Crippen molar-refractivity contribution in [2.75, 3.05) is 39.3 Å². The Morgan fingerprint density at radius 2 is 2.25 bits per heavy atom. The van der Waals surface area contributed by atoms with Crippen LogP contribution in [0.15, 0.2) is 24.5 Å². The molecule has 1 aliphatic rings. The van der Waals surface area contributed by atoms with Crippen LogP contribution < -0.4 is 5.32 Å². The monoisotopic (exact) mass is 276 g/mol. The van der Waals surface area contributed by atoms with Crippen molar-refractivity contribution in [2.45, 2.75) is 32.9 Å². The van der Waals surface area contributed by atoms with E-state index in [-0.39, 0.29) is 0 Å². The van der Waals surface area contributed by atoms with Crippen LogP contribution in [-0.2, 0) is 0 Å². The number of nitrogens with one attached hydrogen (secondary N) is 1. The second kappa shape index (κ2) is 7.72. The molecular formula is C16H28N4. The minimum absolute atomic E-state index is 0.452. The summed E-state index contributed by atoms with van der Waals surface area (Å²) in [6, 6.07) is 5.29. The van der Waals surface area contributed by atoms with E-state index < -0.39 is 0 Å². The maximum atomic E-state index is 4.32. The standard InChI is InChI=1S/C16H28N4/c1-4-19(5-2)13-16(15-7-6-8-17-11-15)20-10-9-18-14(3)12-20/h6-8,11,14,16,18H,4-5,9-10,12-13H2,1-3H3. The molecular weight excluding hydrogens is 248 g/mol. The van der Waals surface area contributed by atoms with Crippen LogP contribution in [-0.4, -0.2) is 60.1 Å². The molecule has 0 saturated carbocycles. The topological polar surface area (TPSA) is 31.4 Å². The number of aromatic nitrogens is 1. The van der Waals surface area contributed by atoms with E-state index in [1.165, 1.54) is 5.56 Å². The predicted molar refractivity (Wildman–Crippen MR) is 83.8 cm³/mol. The second-order valence-electron chi connectivity index (χ2n) is 5.64. The number of nitrogens with zero attached hydrogens (tertiary/aromatic N) is 3. The number of likely N-dealkylation sites (N-methyl/N-ethyl adjacent to an activating group) is 1. The average Bonchev–Trinajstić information content (AvgIpc) is 2.49. The van der Waals surface area contributed by atoms with Gasteiger partial charge < -0.3 is 10.2 Å². The van der Waals surface area contributed by atoms with Gasteiger partial charge in [-0.2, -0.15) is 0 Å². The first kappa shape index (κ1) is 15.4. The van der Waals surface area contributed by atoms with Crippen LogP contribution in [0.25, 0.3) is 0 Å². The van der Waals surface area contributed by atoms with Crippen molar-refractivity contribution >= 4 is 0 Å². The van der Waals surface area contributed by atoms with Crippen LogP contribution in [0.4, 0.5) is 0 Å². The summed E-state index contributed by atoms with van der Waals surface area (Å²) in [6.07, 6.45) is 3.89. The summed E-state index contributed by atoms with van der Waals surface area (Å²) in [7, 11) is 0. The number of hydrogen-bond donors (Lipinski definition) is 1. The van der Waals surface area contributed by atoms with Gasteiger partial charge >= 0.3 is 0 Å². The quantitative estimate of drug-likeness (QED) is 0.858. The van der Waals surface area contributed by atoms with E-state index in [9.17, 15) is 0 Å². The zero-order valence-electron chi connectivity index (χ0n) is 13.0. The zero-order chi connectivity index (χ0) is 14.4. The van der Waals surface area contributed by atoms with E-state index in [1.807, 2.05) is 12.4 Å². The molecule has 2 rings (SSSR count). The zero-order valence-corrected chi connectivity index (χ0v) is 13.0. The fourth-order valence-corrected chi connectivity index (χ4v) is 2.98. The van der Waals surface area contributed by atoms with Gasteiger partial charge in [0.15, 0.2) is 0 Å². The lowest BCUT2D eigenvalue weighted by Crippen LogP contribution is -2.52. The Labute approximate surface area is 123 Å². The predicted octanol–water partition coefficient (Wildman–Crippen LogP) is 1.76. The molecule has 0 bridgehead atoms. The molecule has 4 heteroatoms. The number of piperazine rings is 1. The third-order valence-electron chi connectivity index (χ3n) is 4.24. The van der Waals surface area contributed by atoms with Crippen molar-refractivity contribution < 1.29 is 0 Å². The van der Waals surface area contributed by atoms with Crippen LogP contribution in [0.1, 0.15) is 32.4 Å². The van der Waals surface area contributed by atoms with Crippen molar-refractivity contribution in [2.24, 2.45) is 0 Å². The van der Waals surface area contributed by atoms with E-state index >= 15 is 0 Å². The van der Waals surface area contributed by atoms with Crippen LogP contribution in [0.5, 0.6) is 0 Å². The molecule has 1 saturated heterocycles. The number of hydrogen-bond acceptors (Lipinski definition) is 4. The Morgan fingerprint density at radius 1 is 1.45 bits per heavy atom. The molecule has 0 radical (unpaired) electrons. The Morgan fingerprint density at radius 3 is 2.85 bits per heavy atom. The molecule has 0 aliphatic carbocycles. The lowest BCUT2D eigenvalue weighted by Gasteiger charge is -2.39. The third kappa shape index (κ3) is 4.01. The van der Waals surface area contributed by atoms with E-state index in [2.05, 4.69) is 53.0 Å². The van der Waals surface area contributed by atoms with Gasteiger partial charge in [0.1, 0.15) is 0 Å². The number of pyridine rings is 1. The Hall–Kier alpha value is -0.970. The van der Waals surface area contributed by atoms with Gasteiger partial charge in [-0.1, -0.05) is 19.9 Å². The summed E-state index contributed by atoms with van der Waals surface area (Å²) in [5.74, 6) is 0. The van der Waals surface area contributed by atoms with Crippen LogP contribution >= 0.6 is 0 Å². The molecule has 0 aromatic carbocycles. The van der Waals surface area contributed by atoms with Gasteiger partial charge in [-0.3, -0.25) is 9.88 Å². The molecule has 0 amide bonds. The maximum Gasteiger partial charge on any atom is 0.0491 e. The Bertz CT molecular complexity index is 377. The summed E-state index contributed by atoms with van der Waals surface area (Å²) in [4.78, 5) is 9.43. The first-order chi connectivity index (χ1) is 9.74. The van der Waals surface area contributed by atoms with Gasteiger partial charge in [0, 0.05) is 50.7 Å². The lowest BCUT2D eigenvalue weighted by molar-refractivity contribution is 0.113. The molecule has 20 heavy (non-hydrogen) atoms. The normalized spacial score (nSPS) is 22.1.